The van der Waals surface area contributed by atoms with Crippen molar-refractivity contribution in [2.45, 2.75) is 13.8 Å². The van der Waals surface area contributed by atoms with Gasteiger partial charge in [0.1, 0.15) is 5.84 Å². The average molecular weight is 287 g/mol. The SMILES string of the molecule is CC(C)(CNC(=O)c1ccc2nccnc2c1)/C(N)=N/O. The first-order chi connectivity index (χ1) is 9.94. The zero-order valence-electron chi connectivity index (χ0n) is 11.9. The molecule has 0 aliphatic heterocycles. The molecule has 2 aromatic rings. The molecule has 0 unspecified atom stereocenters. The van der Waals surface area contributed by atoms with Crippen LogP contribution in [-0.2, 0) is 0 Å². The molecule has 0 radical (unpaired) electrons. The smallest absolute Gasteiger partial charge is 0.251 e. The maximum atomic E-state index is 12.1. The number of carbonyl (C=O) groups excluding carboxylic acids is 1. The Morgan fingerprint density at radius 2 is 2.00 bits per heavy atom. The molecule has 7 heteroatoms. The topological polar surface area (TPSA) is 113 Å². The molecule has 1 aromatic heterocycles. The number of benzene rings is 1. The summed E-state index contributed by atoms with van der Waals surface area (Å²) in [7, 11) is 0. The fourth-order valence-electron chi connectivity index (χ4n) is 1.73. The lowest BCUT2D eigenvalue weighted by atomic mass is 9.92. The van der Waals surface area contributed by atoms with Crippen LogP contribution in [-0.4, -0.2) is 33.5 Å². The van der Waals surface area contributed by atoms with E-state index in [4.69, 9.17) is 10.9 Å². The molecule has 0 atom stereocenters. The van der Waals surface area contributed by atoms with Gasteiger partial charge in [-0.25, -0.2) is 0 Å². The molecular formula is C14H17N5O2. The quantitative estimate of drug-likeness (QED) is 0.337. The third kappa shape index (κ3) is 3.25. The molecule has 0 saturated heterocycles. The summed E-state index contributed by atoms with van der Waals surface area (Å²) in [5.41, 5.74) is 6.81. The van der Waals surface area contributed by atoms with Crippen molar-refractivity contribution in [1.82, 2.24) is 15.3 Å². The molecule has 1 heterocycles. The third-order valence-corrected chi connectivity index (χ3v) is 3.22. The van der Waals surface area contributed by atoms with E-state index in [0.717, 1.165) is 5.52 Å². The van der Waals surface area contributed by atoms with Crippen LogP contribution < -0.4 is 11.1 Å². The Morgan fingerprint density at radius 3 is 2.67 bits per heavy atom. The van der Waals surface area contributed by atoms with Crippen LogP contribution in [0.5, 0.6) is 0 Å². The summed E-state index contributed by atoms with van der Waals surface area (Å²) in [5.74, 6) is -0.187. The number of aromatic nitrogens is 2. The van der Waals surface area contributed by atoms with Crippen molar-refractivity contribution in [3.8, 4) is 0 Å². The second-order valence-electron chi connectivity index (χ2n) is 5.31. The van der Waals surface area contributed by atoms with Crippen LogP contribution in [0.2, 0.25) is 0 Å². The van der Waals surface area contributed by atoms with Gasteiger partial charge in [0.15, 0.2) is 0 Å². The monoisotopic (exact) mass is 287 g/mol. The number of nitrogens with two attached hydrogens (primary N) is 1. The number of amidine groups is 1. The van der Waals surface area contributed by atoms with Crippen LogP contribution in [0.3, 0.4) is 0 Å². The Kier molecular flexibility index (Phi) is 4.02. The number of nitrogens with one attached hydrogen (secondary N) is 1. The number of fused-ring (bicyclic) bond motifs is 1. The van der Waals surface area contributed by atoms with Gasteiger partial charge in [0.05, 0.1) is 11.0 Å². The zero-order valence-corrected chi connectivity index (χ0v) is 11.9. The van der Waals surface area contributed by atoms with Crippen LogP contribution in [0.25, 0.3) is 11.0 Å². The summed E-state index contributed by atoms with van der Waals surface area (Å²) < 4.78 is 0. The molecule has 21 heavy (non-hydrogen) atoms. The molecule has 110 valence electrons. The lowest BCUT2D eigenvalue weighted by Crippen LogP contribution is -2.42. The number of hydrogen-bond acceptors (Lipinski definition) is 5. The van der Waals surface area contributed by atoms with Crippen LogP contribution in [0.1, 0.15) is 24.2 Å². The van der Waals surface area contributed by atoms with Gasteiger partial charge >= 0.3 is 0 Å². The molecule has 1 amide bonds. The van der Waals surface area contributed by atoms with E-state index in [0.29, 0.717) is 11.1 Å². The van der Waals surface area contributed by atoms with Crippen molar-refractivity contribution in [1.29, 1.82) is 0 Å². The number of rotatable bonds is 4. The predicted molar refractivity (Wildman–Crippen MR) is 79.1 cm³/mol. The summed E-state index contributed by atoms with van der Waals surface area (Å²) in [5, 5.41) is 14.4. The fraction of sp³-hybridized carbons (Fsp3) is 0.286. The van der Waals surface area contributed by atoms with Gasteiger partial charge in [0, 0.05) is 29.9 Å². The zero-order chi connectivity index (χ0) is 15.5. The van der Waals surface area contributed by atoms with Crippen molar-refractivity contribution in [3.63, 3.8) is 0 Å². The molecule has 0 saturated carbocycles. The highest BCUT2D eigenvalue weighted by Crippen LogP contribution is 2.15. The molecule has 0 spiro atoms. The van der Waals surface area contributed by atoms with Crippen molar-refractivity contribution in [2.24, 2.45) is 16.3 Å². The second kappa shape index (κ2) is 5.74. The molecule has 1 aromatic carbocycles. The van der Waals surface area contributed by atoms with Crippen molar-refractivity contribution < 1.29 is 10.0 Å². The van der Waals surface area contributed by atoms with E-state index in [-0.39, 0.29) is 18.3 Å². The molecule has 2 rings (SSSR count). The first kappa shape index (κ1) is 14.7. The van der Waals surface area contributed by atoms with Crippen molar-refractivity contribution >= 4 is 22.8 Å². The second-order valence-corrected chi connectivity index (χ2v) is 5.31. The largest absolute Gasteiger partial charge is 0.409 e. The van der Waals surface area contributed by atoms with Gasteiger partial charge in [0.25, 0.3) is 5.91 Å². The lowest BCUT2D eigenvalue weighted by Gasteiger charge is -2.23. The van der Waals surface area contributed by atoms with Gasteiger partial charge in [-0.1, -0.05) is 19.0 Å². The van der Waals surface area contributed by atoms with Crippen LogP contribution in [0, 0.1) is 5.41 Å². The van der Waals surface area contributed by atoms with E-state index in [1.807, 2.05) is 0 Å². The van der Waals surface area contributed by atoms with E-state index in [1.54, 1.807) is 44.4 Å². The number of hydrogen-bond donors (Lipinski definition) is 3. The van der Waals surface area contributed by atoms with E-state index in [1.165, 1.54) is 0 Å². The van der Waals surface area contributed by atoms with Crippen molar-refractivity contribution in [2.75, 3.05) is 6.54 Å². The summed E-state index contributed by atoms with van der Waals surface area (Å²) >= 11 is 0. The Labute approximate surface area is 121 Å². The number of nitrogens with zero attached hydrogens (tertiary/aromatic N) is 3. The molecule has 0 bridgehead atoms. The Hall–Kier alpha value is -2.70. The molecular weight excluding hydrogens is 270 g/mol. The first-order valence-corrected chi connectivity index (χ1v) is 6.41. The summed E-state index contributed by atoms with van der Waals surface area (Å²) in [4.78, 5) is 20.5. The van der Waals surface area contributed by atoms with E-state index in [2.05, 4.69) is 20.4 Å². The van der Waals surface area contributed by atoms with E-state index in [9.17, 15) is 4.79 Å². The summed E-state index contributed by atoms with van der Waals surface area (Å²) in [6.45, 7) is 3.79. The highest BCUT2D eigenvalue weighted by atomic mass is 16.4. The van der Waals surface area contributed by atoms with Gasteiger partial charge in [-0.15, -0.1) is 0 Å². The summed E-state index contributed by atoms with van der Waals surface area (Å²) in [6.07, 6.45) is 3.17. The van der Waals surface area contributed by atoms with Crippen LogP contribution >= 0.6 is 0 Å². The fourth-order valence-corrected chi connectivity index (χ4v) is 1.73. The Morgan fingerprint density at radius 1 is 1.33 bits per heavy atom. The minimum Gasteiger partial charge on any atom is -0.409 e. The van der Waals surface area contributed by atoms with E-state index < -0.39 is 5.41 Å². The van der Waals surface area contributed by atoms with Gasteiger partial charge in [-0.2, -0.15) is 0 Å². The van der Waals surface area contributed by atoms with Crippen LogP contribution in [0.4, 0.5) is 0 Å². The third-order valence-electron chi connectivity index (χ3n) is 3.22. The molecule has 4 N–H and O–H groups in total. The van der Waals surface area contributed by atoms with Gasteiger partial charge in [-0.3, -0.25) is 14.8 Å². The van der Waals surface area contributed by atoms with Gasteiger partial charge in [0.2, 0.25) is 0 Å². The Balaban J connectivity index is 2.12. The van der Waals surface area contributed by atoms with Crippen LogP contribution in [0.15, 0.2) is 35.7 Å². The Bertz CT molecular complexity index is 697. The average Bonchev–Trinajstić information content (AvgIpc) is 2.51. The highest BCUT2D eigenvalue weighted by Gasteiger charge is 2.24. The predicted octanol–water partition coefficient (Wildman–Crippen LogP) is 1.13. The maximum absolute atomic E-state index is 12.1. The number of amides is 1. The minimum absolute atomic E-state index is 0.0622. The summed E-state index contributed by atoms with van der Waals surface area (Å²) in [6, 6.07) is 5.10. The molecule has 0 fully saturated rings. The maximum Gasteiger partial charge on any atom is 0.251 e. The van der Waals surface area contributed by atoms with E-state index >= 15 is 0 Å². The van der Waals surface area contributed by atoms with Crippen molar-refractivity contribution in [3.05, 3.63) is 36.2 Å². The van der Waals surface area contributed by atoms with Gasteiger partial charge in [-0.05, 0) is 18.2 Å². The molecule has 7 nitrogen and oxygen atoms in total. The van der Waals surface area contributed by atoms with Gasteiger partial charge < -0.3 is 16.3 Å². The standard InChI is InChI=1S/C14H17N5O2/c1-14(2,13(15)19-21)8-18-12(20)9-3-4-10-11(7-9)17-6-5-16-10/h3-7,21H,8H2,1-2H3,(H2,15,19)(H,18,20). The molecule has 0 aliphatic rings. The number of carbonyl (C=O) groups is 1. The molecule has 0 aliphatic carbocycles. The number of oxime groups is 1. The lowest BCUT2D eigenvalue weighted by molar-refractivity contribution is 0.0944. The minimum atomic E-state index is -0.638. The normalized spacial score (nSPS) is 12.4. The first-order valence-electron chi connectivity index (χ1n) is 6.41. The highest BCUT2D eigenvalue weighted by molar-refractivity contribution is 5.97.